The molecule has 2 aliphatic rings. The van der Waals surface area contributed by atoms with Crippen molar-refractivity contribution < 1.29 is 19.8 Å². The average Bonchev–Trinajstić information content (AvgIpc) is 2.74. The Morgan fingerprint density at radius 2 is 1.80 bits per heavy atom. The van der Waals surface area contributed by atoms with E-state index in [-0.39, 0.29) is 5.41 Å². The van der Waals surface area contributed by atoms with Gasteiger partial charge >= 0.3 is 12.1 Å². The quantitative estimate of drug-likeness (QED) is 0.689. The van der Waals surface area contributed by atoms with E-state index in [4.69, 9.17) is 10.2 Å². The van der Waals surface area contributed by atoms with E-state index < -0.39 is 18.1 Å². The molecule has 1 unspecified atom stereocenters. The number of carboxylic acid groups (broad SMARTS) is 2. The second-order valence-electron chi connectivity index (χ2n) is 4.68. The second-order valence-corrected chi connectivity index (χ2v) is 4.68. The van der Waals surface area contributed by atoms with Crippen molar-refractivity contribution in [2.75, 3.05) is 6.54 Å². The molecule has 1 aliphatic carbocycles. The summed E-state index contributed by atoms with van der Waals surface area (Å²) in [6.45, 7) is 0.402. The van der Waals surface area contributed by atoms with Crippen LogP contribution in [0, 0.1) is 5.41 Å². The van der Waals surface area contributed by atoms with Gasteiger partial charge in [-0.05, 0) is 24.7 Å². The molecule has 1 spiro atoms. The molecule has 1 saturated heterocycles. The lowest BCUT2D eigenvalue weighted by atomic mass is 9.84. The van der Waals surface area contributed by atoms with Crippen LogP contribution < -0.4 is 0 Å². The fourth-order valence-electron chi connectivity index (χ4n) is 2.97. The van der Waals surface area contributed by atoms with Crippen LogP contribution in [0.25, 0.3) is 0 Å². The van der Waals surface area contributed by atoms with Gasteiger partial charge in [-0.15, -0.1) is 0 Å². The van der Waals surface area contributed by atoms with Crippen LogP contribution in [0.4, 0.5) is 4.79 Å². The van der Waals surface area contributed by atoms with Gasteiger partial charge in [0.1, 0.15) is 6.04 Å². The topological polar surface area (TPSA) is 77.8 Å². The molecular formula is C10H15NO4. The van der Waals surface area contributed by atoms with Gasteiger partial charge in [0.2, 0.25) is 0 Å². The average molecular weight is 213 g/mol. The minimum Gasteiger partial charge on any atom is -0.480 e. The third kappa shape index (κ3) is 1.66. The molecule has 1 amide bonds. The van der Waals surface area contributed by atoms with Gasteiger partial charge in [0.25, 0.3) is 0 Å². The zero-order valence-corrected chi connectivity index (χ0v) is 8.48. The Morgan fingerprint density at radius 3 is 2.20 bits per heavy atom. The van der Waals surface area contributed by atoms with Gasteiger partial charge in [0, 0.05) is 6.54 Å². The highest BCUT2D eigenvalue weighted by Gasteiger charge is 2.49. The minimum absolute atomic E-state index is 0.0402. The Kier molecular flexibility index (Phi) is 2.32. The van der Waals surface area contributed by atoms with Gasteiger partial charge in [-0.25, -0.2) is 9.59 Å². The largest absolute Gasteiger partial charge is 0.480 e. The molecule has 1 aliphatic heterocycles. The Hall–Kier alpha value is -1.26. The fraction of sp³-hybridized carbons (Fsp3) is 0.800. The lowest BCUT2D eigenvalue weighted by Gasteiger charge is -2.21. The van der Waals surface area contributed by atoms with E-state index in [1.165, 1.54) is 0 Å². The van der Waals surface area contributed by atoms with Crippen LogP contribution in [0.3, 0.4) is 0 Å². The molecule has 1 heterocycles. The third-order valence-corrected chi connectivity index (χ3v) is 3.70. The van der Waals surface area contributed by atoms with Crippen molar-refractivity contribution in [3.63, 3.8) is 0 Å². The van der Waals surface area contributed by atoms with E-state index in [1.807, 2.05) is 0 Å². The fourth-order valence-corrected chi connectivity index (χ4v) is 2.97. The molecule has 2 rings (SSSR count). The van der Waals surface area contributed by atoms with Gasteiger partial charge in [-0.3, -0.25) is 4.90 Å². The number of carboxylic acids is 1. The second kappa shape index (κ2) is 3.40. The number of nitrogens with zero attached hydrogens (tertiary/aromatic N) is 1. The molecule has 0 aromatic heterocycles. The summed E-state index contributed by atoms with van der Waals surface area (Å²) in [4.78, 5) is 23.0. The summed E-state index contributed by atoms with van der Waals surface area (Å²) in [6, 6.07) is -0.833. The third-order valence-electron chi connectivity index (χ3n) is 3.70. The van der Waals surface area contributed by atoms with Crippen molar-refractivity contribution in [3.8, 4) is 0 Å². The Labute approximate surface area is 87.7 Å². The molecule has 5 nitrogen and oxygen atoms in total. The number of rotatable bonds is 1. The van der Waals surface area contributed by atoms with Crippen LogP contribution in [0.1, 0.15) is 32.1 Å². The summed E-state index contributed by atoms with van der Waals surface area (Å²) in [5.74, 6) is -1.01. The number of amides is 1. The predicted molar refractivity (Wildman–Crippen MR) is 51.7 cm³/mol. The molecule has 0 radical (unpaired) electrons. The van der Waals surface area contributed by atoms with E-state index in [0.29, 0.717) is 13.0 Å². The molecule has 5 heteroatoms. The SMILES string of the molecule is O=C(O)C1CC2(CCCC2)CN1C(=O)O. The Morgan fingerprint density at radius 1 is 1.20 bits per heavy atom. The van der Waals surface area contributed by atoms with Crippen LogP contribution in [0.15, 0.2) is 0 Å². The van der Waals surface area contributed by atoms with Crippen LogP contribution in [0.2, 0.25) is 0 Å². The summed E-state index contributed by atoms with van der Waals surface area (Å²) in [5, 5.41) is 17.9. The van der Waals surface area contributed by atoms with Crippen molar-refractivity contribution in [1.29, 1.82) is 0 Å². The van der Waals surface area contributed by atoms with Gasteiger partial charge in [-0.1, -0.05) is 12.8 Å². The zero-order valence-electron chi connectivity index (χ0n) is 8.48. The van der Waals surface area contributed by atoms with Crippen molar-refractivity contribution in [2.24, 2.45) is 5.41 Å². The van der Waals surface area contributed by atoms with Crippen molar-refractivity contribution >= 4 is 12.1 Å². The summed E-state index contributed by atoms with van der Waals surface area (Å²) in [7, 11) is 0. The zero-order chi connectivity index (χ0) is 11.1. The Balaban J connectivity index is 2.18. The van der Waals surface area contributed by atoms with E-state index >= 15 is 0 Å². The van der Waals surface area contributed by atoms with E-state index in [2.05, 4.69) is 0 Å². The first kappa shape index (κ1) is 10.3. The first-order chi connectivity index (χ1) is 7.04. The number of aliphatic carboxylic acids is 1. The van der Waals surface area contributed by atoms with Crippen molar-refractivity contribution in [1.82, 2.24) is 4.90 Å². The summed E-state index contributed by atoms with van der Waals surface area (Å²) < 4.78 is 0. The van der Waals surface area contributed by atoms with Crippen molar-refractivity contribution in [2.45, 2.75) is 38.1 Å². The summed E-state index contributed by atoms with van der Waals surface area (Å²) in [6.07, 6.45) is 3.53. The Bertz CT molecular complexity index is 272. The molecule has 84 valence electrons. The maximum atomic E-state index is 11.0. The minimum atomic E-state index is -1.11. The highest BCUT2D eigenvalue weighted by molar-refractivity contribution is 5.80. The molecule has 2 N–H and O–H groups in total. The summed E-state index contributed by atoms with van der Waals surface area (Å²) in [5.41, 5.74) is -0.0402. The maximum Gasteiger partial charge on any atom is 0.408 e. The van der Waals surface area contributed by atoms with Gasteiger partial charge in [0.05, 0.1) is 0 Å². The van der Waals surface area contributed by atoms with Crippen molar-refractivity contribution in [3.05, 3.63) is 0 Å². The standard InChI is InChI=1S/C10H15NO4/c12-8(13)7-5-10(3-1-2-4-10)6-11(7)9(14)15/h7H,1-6H2,(H,12,13)(H,14,15). The molecule has 1 saturated carbocycles. The van der Waals surface area contributed by atoms with Gasteiger partial charge in [0.15, 0.2) is 0 Å². The molecule has 0 aromatic carbocycles. The molecule has 2 fully saturated rings. The van der Waals surface area contributed by atoms with Crippen LogP contribution in [-0.4, -0.2) is 39.8 Å². The van der Waals surface area contributed by atoms with Gasteiger partial charge in [-0.2, -0.15) is 0 Å². The normalized spacial score (nSPS) is 28.5. The number of likely N-dealkylation sites (tertiary alicyclic amines) is 1. The van der Waals surface area contributed by atoms with Crippen LogP contribution in [-0.2, 0) is 4.79 Å². The number of hydrogen-bond donors (Lipinski definition) is 2. The van der Waals surface area contributed by atoms with E-state index in [9.17, 15) is 9.59 Å². The first-order valence-corrected chi connectivity index (χ1v) is 5.26. The molecule has 1 atom stereocenters. The lowest BCUT2D eigenvalue weighted by Crippen LogP contribution is -2.39. The molecular weight excluding hydrogens is 198 g/mol. The van der Waals surface area contributed by atoms with E-state index in [1.54, 1.807) is 0 Å². The molecule has 0 aromatic rings. The highest BCUT2D eigenvalue weighted by Crippen LogP contribution is 2.47. The molecule has 15 heavy (non-hydrogen) atoms. The lowest BCUT2D eigenvalue weighted by molar-refractivity contribution is -0.141. The summed E-state index contributed by atoms with van der Waals surface area (Å²) >= 11 is 0. The van der Waals surface area contributed by atoms with Crippen LogP contribution in [0.5, 0.6) is 0 Å². The first-order valence-electron chi connectivity index (χ1n) is 5.26. The maximum absolute atomic E-state index is 11.0. The predicted octanol–water partition coefficient (Wildman–Crippen LogP) is 1.38. The highest BCUT2D eigenvalue weighted by atomic mass is 16.4. The van der Waals surface area contributed by atoms with E-state index in [0.717, 1.165) is 30.6 Å². The monoisotopic (exact) mass is 213 g/mol. The number of hydrogen-bond acceptors (Lipinski definition) is 2. The van der Waals surface area contributed by atoms with Crippen LogP contribution >= 0.6 is 0 Å². The molecule has 0 bridgehead atoms. The number of carbonyl (C=O) groups is 2. The smallest absolute Gasteiger partial charge is 0.408 e. The van der Waals surface area contributed by atoms with Gasteiger partial charge < -0.3 is 10.2 Å².